The lowest BCUT2D eigenvalue weighted by Crippen LogP contribution is -2.27. The van der Waals surface area contributed by atoms with Crippen LogP contribution in [0.5, 0.6) is 0 Å². The molecule has 0 aromatic carbocycles. The molecule has 0 bridgehead atoms. The van der Waals surface area contributed by atoms with Crippen molar-refractivity contribution in [2.45, 2.75) is 19.5 Å². The monoisotopic (exact) mass is 243 g/mol. The van der Waals surface area contributed by atoms with Gasteiger partial charge in [-0.2, -0.15) is 0 Å². The first-order valence-corrected chi connectivity index (χ1v) is 6.06. The SMILES string of the molecule is C[C@@H](NCCn1ccccc1=O)c1ccncc1. The summed E-state index contributed by atoms with van der Waals surface area (Å²) >= 11 is 0. The fraction of sp³-hybridized carbons (Fsp3) is 0.286. The molecule has 2 aromatic heterocycles. The zero-order chi connectivity index (χ0) is 12.8. The molecule has 0 spiro atoms. The molecule has 0 saturated carbocycles. The van der Waals surface area contributed by atoms with Crippen LogP contribution in [-0.2, 0) is 6.54 Å². The van der Waals surface area contributed by atoms with E-state index in [1.165, 1.54) is 5.56 Å². The van der Waals surface area contributed by atoms with Crippen LogP contribution < -0.4 is 10.9 Å². The van der Waals surface area contributed by atoms with E-state index >= 15 is 0 Å². The Morgan fingerprint density at radius 1 is 1.28 bits per heavy atom. The van der Waals surface area contributed by atoms with Crippen LogP contribution in [0, 0.1) is 0 Å². The van der Waals surface area contributed by atoms with Gasteiger partial charge in [-0.3, -0.25) is 9.78 Å². The van der Waals surface area contributed by atoms with Gasteiger partial charge in [-0.15, -0.1) is 0 Å². The van der Waals surface area contributed by atoms with Gasteiger partial charge in [-0.25, -0.2) is 0 Å². The van der Waals surface area contributed by atoms with Crippen molar-refractivity contribution in [3.63, 3.8) is 0 Å². The standard InChI is InChI=1S/C14H17N3O/c1-12(13-5-7-15-8-6-13)16-9-11-17-10-3-2-4-14(17)18/h2-8,10,12,16H,9,11H2,1H3/t12-/m1/s1. The van der Waals surface area contributed by atoms with Crippen molar-refractivity contribution in [2.75, 3.05) is 6.54 Å². The van der Waals surface area contributed by atoms with Crippen LogP contribution in [0.3, 0.4) is 0 Å². The minimum Gasteiger partial charge on any atom is -0.314 e. The normalized spacial score (nSPS) is 12.3. The van der Waals surface area contributed by atoms with E-state index in [1.54, 1.807) is 35.3 Å². The van der Waals surface area contributed by atoms with Crippen LogP contribution in [0.2, 0.25) is 0 Å². The molecule has 94 valence electrons. The second-order valence-corrected chi connectivity index (χ2v) is 4.19. The van der Waals surface area contributed by atoms with Crippen LogP contribution in [0.15, 0.2) is 53.7 Å². The van der Waals surface area contributed by atoms with Gasteiger partial charge in [-0.1, -0.05) is 6.07 Å². The van der Waals surface area contributed by atoms with E-state index in [0.29, 0.717) is 6.54 Å². The fourth-order valence-corrected chi connectivity index (χ4v) is 1.82. The van der Waals surface area contributed by atoms with Gasteiger partial charge in [0.15, 0.2) is 0 Å². The second-order valence-electron chi connectivity index (χ2n) is 4.19. The average molecular weight is 243 g/mol. The Morgan fingerprint density at radius 3 is 2.78 bits per heavy atom. The Kier molecular flexibility index (Phi) is 4.25. The number of nitrogens with one attached hydrogen (secondary N) is 1. The molecule has 0 fully saturated rings. The summed E-state index contributed by atoms with van der Waals surface area (Å²) in [4.78, 5) is 15.5. The van der Waals surface area contributed by atoms with Gasteiger partial charge in [0.25, 0.3) is 5.56 Å². The predicted octanol–water partition coefficient (Wildman–Crippen LogP) is 1.59. The molecule has 1 N–H and O–H groups in total. The molecule has 1 atom stereocenters. The molecular weight excluding hydrogens is 226 g/mol. The van der Waals surface area contributed by atoms with Crippen molar-refractivity contribution in [1.29, 1.82) is 0 Å². The maximum atomic E-state index is 11.5. The third-order valence-corrected chi connectivity index (χ3v) is 2.91. The number of hydrogen-bond donors (Lipinski definition) is 1. The Bertz CT molecular complexity index is 536. The zero-order valence-corrected chi connectivity index (χ0v) is 10.4. The lowest BCUT2D eigenvalue weighted by molar-refractivity contribution is 0.524. The molecule has 4 nitrogen and oxygen atoms in total. The number of aromatic nitrogens is 2. The quantitative estimate of drug-likeness (QED) is 0.867. The minimum atomic E-state index is 0.0378. The van der Waals surface area contributed by atoms with E-state index in [0.717, 1.165) is 6.54 Å². The summed E-state index contributed by atoms with van der Waals surface area (Å²) < 4.78 is 1.70. The Balaban J connectivity index is 1.86. The number of pyridine rings is 2. The predicted molar refractivity (Wildman–Crippen MR) is 71.4 cm³/mol. The van der Waals surface area contributed by atoms with E-state index in [9.17, 15) is 4.79 Å². The lowest BCUT2D eigenvalue weighted by atomic mass is 10.1. The molecule has 0 aliphatic heterocycles. The molecule has 4 heteroatoms. The molecule has 0 radical (unpaired) electrons. The summed E-state index contributed by atoms with van der Waals surface area (Å²) in [5.41, 5.74) is 1.24. The van der Waals surface area contributed by atoms with Gasteiger partial charge >= 0.3 is 0 Å². The molecule has 18 heavy (non-hydrogen) atoms. The molecular formula is C14H17N3O. The number of hydrogen-bond acceptors (Lipinski definition) is 3. The van der Waals surface area contributed by atoms with E-state index in [-0.39, 0.29) is 11.6 Å². The summed E-state index contributed by atoms with van der Waals surface area (Å²) in [7, 11) is 0. The third-order valence-electron chi connectivity index (χ3n) is 2.91. The van der Waals surface area contributed by atoms with Crippen LogP contribution in [0.1, 0.15) is 18.5 Å². The maximum Gasteiger partial charge on any atom is 0.250 e. The van der Waals surface area contributed by atoms with Gasteiger partial charge < -0.3 is 9.88 Å². The summed E-state index contributed by atoms with van der Waals surface area (Å²) in [6.45, 7) is 3.53. The second kappa shape index (κ2) is 6.12. The molecule has 2 aromatic rings. The van der Waals surface area contributed by atoms with Crippen LogP contribution in [0.25, 0.3) is 0 Å². The smallest absolute Gasteiger partial charge is 0.250 e. The molecule has 0 unspecified atom stereocenters. The van der Waals surface area contributed by atoms with Crippen molar-refractivity contribution in [3.05, 3.63) is 64.8 Å². The first-order chi connectivity index (χ1) is 8.77. The topological polar surface area (TPSA) is 46.9 Å². The van der Waals surface area contributed by atoms with Crippen LogP contribution in [0.4, 0.5) is 0 Å². The van der Waals surface area contributed by atoms with Crippen molar-refractivity contribution in [2.24, 2.45) is 0 Å². The third kappa shape index (κ3) is 3.28. The molecule has 2 rings (SSSR count). The average Bonchev–Trinajstić information content (AvgIpc) is 2.42. The largest absolute Gasteiger partial charge is 0.314 e. The van der Waals surface area contributed by atoms with E-state index in [4.69, 9.17) is 0 Å². The summed E-state index contributed by atoms with van der Waals surface area (Å²) in [5.74, 6) is 0. The first kappa shape index (κ1) is 12.5. The molecule has 0 aliphatic carbocycles. The number of rotatable bonds is 5. The van der Waals surface area contributed by atoms with Gasteiger partial charge in [0.2, 0.25) is 0 Å². The van der Waals surface area contributed by atoms with Gasteiger partial charge in [0, 0.05) is 43.8 Å². The molecule has 0 amide bonds. The summed E-state index contributed by atoms with van der Waals surface area (Å²) in [6.07, 6.45) is 5.38. The Labute approximate surface area is 106 Å². The fourth-order valence-electron chi connectivity index (χ4n) is 1.82. The van der Waals surface area contributed by atoms with Gasteiger partial charge in [0.1, 0.15) is 0 Å². The highest BCUT2D eigenvalue weighted by Gasteiger charge is 2.03. The van der Waals surface area contributed by atoms with E-state index in [1.807, 2.05) is 18.2 Å². The zero-order valence-electron chi connectivity index (χ0n) is 10.4. The lowest BCUT2D eigenvalue weighted by Gasteiger charge is -2.14. The van der Waals surface area contributed by atoms with Crippen molar-refractivity contribution >= 4 is 0 Å². The molecule has 2 heterocycles. The van der Waals surface area contributed by atoms with Gasteiger partial charge in [-0.05, 0) is 30.7 Å². The number of nitrogens with zero attached hydrogens (tertiary/aromatic N) is 2. The highest BCUT2D eigenvalue weighted by molar-refractivity contribution is 5.13. The van der Waals surface area contributed by atoms with Crippen LogP contribution in [-0.4, -0.2) is 16.1 Å². The van der Waals surface area contributed by atoms with E-state index < -0.39 is 0 Å². The molecule has 0 aliphatic rings. The highest BCUT2D eigenvalue weighted by atomic mass is 16.1. The van der Waals surface area contributed by atoms with Gasteiger partial charge in [0.05, 0.1) is 0 Å². The van der Waals surface area contributed by atoms with Crippen molar-refractivity contribution in [3.8, 4) is 0 Å². The van der Waals surface area contributed by atoms with Crippen LogP contribution >= 0.6 is 0 Å². The Hall–Kier alpha value is -1.94. The summed E-state index contributed by atoms with van der Waals surface area (Å²) in [6, 6.07) is 9.44. The summed E-state index contributed by atoms with van der Waals surface area (Å²) in [5, 5.41) is 3.39. The highest BCUT2D eigenvalue weighted by Crippen LogP contribution is 2.09. The maximum absolute atomic E-state index is 11.5. The molecule has 0 saturated heterocycles. The minimum absolute atomic E-state index is 0.0378. The van der Waals surface area contributed by atoms with Crippen molar-refractivity contribution in [1.82, 2.24) is 14.9 Å². The van der Waals surface area contributed by atoms with E-state index in [2.05, 4.69) is 17.2 Å². The van der Waals surface area contributed by atoms with Crippen molar-refractivity contribution < 1.29 is 0 Å². The first-order valence-electron chi connectivity index (χ1n) is 6.06. The Morgan fingerprint density at radius 2 is 2.06 bits per heavy atom.